The van der Waals surface area contributed by atoms with Crippen LogP contribution in [0.5, 0.6) is 0 Å². The van der Waals surface area contributed by atoms with Gasteiger partial charge >= 0.3 is 6.09 Å². The van der Waals surface area contributed by atoms with E-state index in [2.05, 4.69) is 5.32 Å². The number of fused-ring (bicyclic) bond motifs is 3. The number of hydrogen-bond acceptors (Lipinski definition) is 3. The number of carbonyl (C=O) groups is 1. The van der Waals surface area contributed by atoms with E-state index in [1.165, 1.54) is 0 Å². The Labute approximate surface area is 122 Å². The van der Waals surface area contributed by atoms with Crippen molar-refractivity contribution < 1.29 is 13.9 Å². The molecule has 1 N–H and O–H groups in total. The van der Waals surface area contributed by atoms with Crippen LogP contribution in [0.15, 0.2) is 46.9 Å². The van der Waals surface area contributed by atoms with Gasteiger partial charge in [-0.15, -0.1) is 0 Å². The van der Waals surface area contributed by atoms with Crippen molar-refractivity contribution >= 4 is 33.7 Å². The highest BCUT2D eigenvalue weighted by atomic mass is 16.6. The molecule has 0 saturated carbocycles. The van der Waals surface area contributed by atoms with Gasteiger partial charge < -0.3 is 9.15 Å². The van der Waals surface area contributed by atoms with E-state index in [-0.39, 0.29) is 0 Å². The zero-order valence-corrected chi connectivity index (χ0v) is 12.3. The number of carbonyl (C=O) groups excluding carboxylic acids is 1. The van der Waals surface area contributed by atoms with Gasteiger partial charge in [0.15, 0.2) is 0 Å². The Hall–Kier alpha value is -2.49. The van der Waals surface area contributed by atoms with Gasteiger partial charge in [0.25, 0.3) is 0 Å². The molecule has 0 saturated heterocycles. The van der Waals surface area contributed by atoms with Gasteiger partial charge in [-0.2, -0.15) is 0 Å². The standard InChI is InChI=1S/C17H17NO3/c1-17(2,3)21-16(19)18-11-8-9-13-12-6-4-5-7-14(12)20-15(13)10-11/h4-10H,1-3H3,(H,18,19). The van der Waals surface area contributed by atoms with Crippen molar-refractivity contribution in [1.82, 2.24) is 0 Å². The summed E-state index contributed by atoms with van der Waals surface area (Å²) in [5, 5.41) is 4.81. The molecule has 3 aromatic rings. The van der Waals surface area contributed by atoms with E-state index in [1.807, 2.05) is 57.2 Å². The Morgan fingerprint density at radius 1 is 1.05 bits per heavy atom. The zero-order chi connectivity index (χ0) is 15.0. The number of nitrogens with one attached hydrogen (secondary N) is 1. The Kier molecular flexibility index (Phi) is 3.09. The first kappa shape index (κ1) is 13.5. The minimum absolute atomic E-state index is 0.474. The van der Waals surface area contributed by atoms with Crippen molar-refractivity contribution in [2.75, 3.05) is 5.32 Å². The van der Waals surface area contributed by atoms with Gasteiger partial charge in [-0.05, 0) is 39.0 Å². The molecule has 0 aliphatic heterocycles. The van der Waals surface area contributed by atoms with E-state index < -0.39 is 11.7 Å². The van der Waals surface area contributed by atoms with E-state index in [4.69, 9.17) is 9.15 Å². The van der Waals surface area contributed by atoms with Crippen LogP contribution in [-0.4, -0.2) is 11.7 Å². The fraction of sp³-hybridized carbons (Fsp3) is 0.235. The second-order valence-electron chi connectivity index (χ2n) is 5.94. The number of ether oxygens (including phenoxy) is 1. The van der Waals surface area contributed by atoms with Gasteiger partial charge in [0.1, 0.15) is 16.8 Å². The zero-order valence-electron chi connectivity index (χ0n) is 12.3. The van der Waals surface area contributed by atoms with Gasteiger partial charge in [0, 0.05) is 22.5 Å². The minimum atomic E-state index is -0.520. The summed E-state index contributed by atoms with van der Waals surface area (Å²) in [5.41, 5.74) is 1.70. The monoisotopic (exact) mass is 283 g/mol. The number of para-hydroxylation sites is 1. The van der Waals surface area contributed by atoms with Crippen LogP contribution >= 0.6 is 0 Å². The molecule has 0 aliphatic carbocycles. The van der Waals surface area contributed by atoms with Crippen molar-refractivity contribution in [3.63, 3.8) is 0 Å². The van der Waals surface area contributed by atoms with Crippen LogP contribution in [0.3, 0.4) is 0 Å². The van der Waals surface area contributed by atoms with Crippen molar-refractivity contribution in [2.45, 2.75) is 26.4 Å². The maximum Gasteiger partial charge on any atom is 0.412 e. The molecule has 1 aromatic heterocycles. The van der Waals surface area contributed by atoms with Gasteiger partial charge in [-0.25, -0.2) is 4.79 Å². The summed E-state index contributed by atoms with van der Waals surface area (Å²) in [6, 6.07) is 13.4. The molecule has 0 fully saturated rings. The Bertz CT molecular complexity index is 812. The quantitative estimate of drug-likeness (QED) is 0.688. The molecular formula is C17H17NO3. The molecule has 0 bridgehead atoms. The Morgan fingerprint density at radius 2 is 1.76 bits per heavy atom. The lowest BCUT2D eigenvalue weighted by Crippen LogP contribution is -2.27. The third-order valence-electron chi connectivity index (χ3n) is 3.02. The number of rotatable bonds is 1. The van der Waals surface area contributed by atoms with Crippen LogP contribution in [0.4, 0.5) is 10.5 Å². The molecular weight excluding hydrogens is 266 g/mol. The Balaban J connectivity index is 1.91. The van der Waals surface area contributed by atoms with Gasteiger partial charge in [0.05, 0.1) is 0 Å². The maximum absolute atomic E-state index is 11.8. The van der Waals surface area contributed by atoms with E-state index in [0.29, 0.717) is 5.69 Å². The third kappa shape index (κ3) is 2.84. The highest BCUT2D eigenvalue weighted by molar-refractivity contribution is 6.06. The molecule has 1 heterocycles. The number of anilines is 1. The SMILES string of the molecule is CC(C)(C)OC(=O)Nc1ccc2c(c1)oc1ccccc12. The van der Waals surface area contributed by atoms with Crippen molar-refractivity contribution in [1.29, 1.82) is 0 Å². The first-order valence-corrected chi connectivity index (χ1v) is 6.84. The average molecular weight is 283 g/mol. The third-order valence-corrected chi connectivity index (χ3v) is 3.02. The molecule has 0 spiro atoms. The van der Waals surface area contributed by atoms with E-state index >= 15 is 0 Å². The lowest BCUT2D eigenvalue weighted by Gasteiger charge is -2.19. The topological polar surface area (TPSA) is 51.5 Å². The average Bonchev–Trinajstić information content (AvgIpc) is 2.73. The van der Waals surface area contributed by atoms with E-state index in [1.54, 1.807) is 6.07 Å². The van der Waals surface area contributed by atoms with Crippen molar-refractivity contribution in [3.05, 3.63) is 42.5 Å². The van der Waals surface area contributed by atoms with Crippen LogP contribution in [-0.2, 0) is 4.74 Å². The summed E-state index contributed by atoms with van der Waals surface area (Å²) in [5.74, 6) is 0. The van der Waals surface area contributed by atoms with Crippen LogP contribution in [0.25, 0.3) is 21.9 Å². The lowest BCUT2D eigenvalue weighted by atomic mass is 10.1. The number of benzene rings is 2. The van der Waals surface area contributed by atoms with Crippen LogP contribution in [0.2, 0.25) is 0 Å². The van der Waals surface area contributed by atoms with Gasteiger partial charge in [0.2, 0.25) is 0 Å². The predicted octanol–water partition coefficient (Wildman–Crippen LogP) is 4.93. The molecule has 4 nitrogen and oxygen atoms in total. The number of furan rings is 1. The normalized spacial score (nSPS) is 11.8. The number of amides is 1. The molecule has 21 heavy (non-hydrogen) atoms. The van der Waals surface area contributed by atoms with Crippen molar-refractivity contribution in [2.24, 2.45) is 0 Å². The lowest BCUT2D eigenvalue weighted by molar-refractivity contribution is 0.0636. The van der Waals surface area contributed by atoms with E-state index in [0.717, 1.165) is 21.9 Å². The molecule has 3 rings (SSSR count). The van der Waals surface area contributed by atoms with Crippen molar-refractivity contribution in [3.8, 4) is 0 Å². The first-order chi connectivity index (χ1) is 9.92. The van der Waals surface area contributed by atoms with Gasteiger partial charge in [-0.1, -0.05) is 18.2 Å². The molecule has 0 aliphatic rings. The molecule has 0 radical (unpaired) electrons. The summed E-state index contributed by atoms with van der Waals surface area (Å²) in [6.45, 7) is 5.49. The number of hydrogen-bond donors (Lipinski definition) is 1. The molecule has 1 amide bonds. The molecule has 4 heteroatoms. The first-order valence-electron chi connectivity index (χ1n) is 6.84. The second-order valence-corrected chi connectivity index (χ2v) is 5.94. The van der Waals surface area contributed by atoms with E-state index in [9.17, 15) is 4.79 Å². The highest BCUT2D eigenvalue weighted by Crippen LogP contribution is 2.30. The van der Waals surface area contributed by atoms with Gasteiger partial charge in [-0.3, -0.25) is 5.32 Å². The molecule has 108 valence electrons. The Morgan fingerprint density at radius 3 is 2.52 bits per heavy atom. The smallest absolute Gasteiger partial charge is 0.412 e. The summed E-state index contributed by atoms with van der Waals surface area (Å²) in [6.07, 6.45) is -0.474. The summed E-state index contributed by atoms with van der Waals surface area (Å²) >= 11 is 0. The molecule has 0 atom stereocenters. The van der Waals surface area contributed by atoms with Crippen LogP contribution in [0.1, 0.15) is 20.8 Å². The highest BCUT2D eigenvalue weighted by Gasteiger charge is 2.16. The van der Waals surface area contributed by atoms with Crippen LogP contribution in [0, 0.1) is 0 Å². The second kappa shape index (κ2) is 4.81. The largest absolute Gasteiger partial charge is 0.456 e. The maximum atomic E-state index is 11.8. The molecule has 2 aromatic carbocycles. The summed E-state index contributed by atoms with van der Waals surface area (Å²) in [4.78, 5) is 11.8. The predicted molar refractivity (Wildman–Crippen MR) is 83.6 cm³/mol. The minimum Gasteiger partial charge on any atom is -0.456 e. The fourth-order valence-corrected chi connectivity index (χ4v) is 2.23. The van der Waals surface area contributed by atoms with Crippen LogP contribution < -0.4 is 5.32 Å². The fourth-order valence-electron chi connectivity index (χ4n) is 2.23. The summed E-state index contributed by atoms with van der Waals surface area (Å²) < 4.78 is 11.0. The summed E-state index contributed by atoms with van der Waals surface area (Å²) in [7, 11) is 0. The molecule has 0 unspecified atom stereocenters.